The Balaban J connectivity index is 1.49. The molecule has 0 unspecified atom stereocenters. The molecule has 0 radical (unpaired) electrons. The summed E-state index contributed by atoms with van der Waals surface area (Å²) in [5.41, 5.74) is 21.3. The fraction of sp³-hybridized carbons (Fsp3) is 0.130. The Morgan fingerprint density at radius 1 is 0.408 bits per heavy atom. The summed E-state index contributed by atoms with van der Waals surface area (Å²) in [7, 11) is 0. The molecule has 8 rings (SSSR count). The molecule has 1 N–H and O–H groups in total. The van der Waals surface area contributed by atoms with Gasteiger partial charge in [-0.15, -0.1) is 0 Å². The molecule has 0 spiro atoms. The lowest BCUT2D eigenvalue weighted by Gasteiger charge is -2.15. The summed E-state index contributed by atoms with van der Waals surface area (Å²) < 4.78 is 0. The second-order valence-electron chi connectivity index (χ2n) is 13.6. The predicted molar refractivity (Wildman–Crippen MR) is 207 cm³/mol. The van der Waals surface area contributed by atoms with Gasteiger partial charge in [-0.25, -0.2) is 0 Å². The zero-order valence-corrected chi connectivity index (χ0v) is 28.9. The third kappa shape index (κ3) is 5.42. The lowest BCUT2D eigenvalue weighted by atomic mass is 9.88. The quantitative estimate of drug-likeness (QED) is 0.205. The van der Waals surface area contributed by atoms with Gasteiger partial charge in [0.05, 0.1) is 22.4 Å². The molecule has 0 atom stereocenters. The first-order valence-corrected chi connectivity index (χ1v) is 17.0. The van der Waals surface area contributed by atoms with Crippen LogP contribution in [0.2, 0.25) is 0 Å². The smallest absolute Gasteiger partial charge is 0.0723 e. The van der Waals surface area contributed by atoms with Crippen molar-refractivity contribution in [3.05, 3.63) is 155 Å². The molecule has 0 fully saturated rings. The average molecular weight is 634 g/mol. The first-order valence-electron chi connectivity index (χ1n) is 17.0. The van der Waals surface area contributed by atoms with Gasteiger partial charge >= 0.3 is 0 Å². The molecule has 3 aromatic heterocycles. The van der Waals surface area contributed by atoms with Crippen molar-refractivity contribution in [1.29, 1.82) is 0 Å². The van der Waals surface area contributed by atoms with Gasteiger partial charge in [0.25, 0.3) is 0 Å². The number of aryl methyl sites for hydroxylation is 6. The monoisotopic (exact) mass is 633 g/mol. The summed E-state index contributed by atoms with van der Waals surface area (Å²) in [4.78, 5) is 13.5. The molecule has 0 aliphatic carbocycles. The van der Waals surface area contributed by atoms with Crippen molar-refractivity contribution in [3.63, 3.8) is 0 Å². The lowest BCUT2D eigenvalue weighted by molar-refractivity contribution is 1.31. The third-order valence-corrected chi connectivity index (χ3v) is 9.82. The van der Waals surface area contributed by atoms with E-state index in [1.807, 2.05) is 30.6 Å². The zero-order valence-electron chi connectivity index (χ0n) is 28.9. The highest BCUT2D eigenvalue weighted by molar-refractivity contribution is 6.17. The fourth-order valence-electron chi connectivity index (χ4n) is 7.99. The molecule has 0 amide bonds. The third-order valence-electron chi connectivity index (χ3n) is 9.82. The molecule has 0 bridgehead atoms. The second-order valence-corrected chi connectivity index (χ2v) is 13.6. The topological polar surface area (TPSA) is 41.6 Å². The van der Waals surface area contributed by atoms with E-state index < -0.39 is 0 Å². The highest BCUT2D eigenvalue weighted by atomic mass is 14.7. The summed E-state index contributed by atoms with van der Waals surface area (Å²) in [6, 6.07) is 39.7. The van der Waals surface area contributed by atoms with Crippen molar-refractivity contribution >= 4 is 21.8 Å². The van der Waals surface area contributed by atoms with Gasteiger partial charge in [0.2, 0.25) is 0 Å². The number of aromatic nitrogens is 3. The number of pyridine rings is 2. The van der Waals surface area contributed by atoms with Gasteiger partial charge < -0.3 is 4.98 Å². The molecule has 49 heavy (non-hydrogen) atoms. The van der Waals surface area contributed by atoms with E-state index in [1.54, 1.807) is 0 Å². The standard InChI is InChI=1S/C46H39N3/c1-27-18-29(3)43(30(4)19-27)35-23-37(33-12-11-13-34(22-33)41-14-7-9-16-47-41)45-38(24-35)39-25-36(44-31(5)20-28(2)21-32(44)6)26-40(46(39)49-45)42-15-8-10-17-48-42/h7-26,49H,1-6H3. The van der Waals surface area contributed by atoms with E-state index in [2.05, 4.69) is 143 Å². The van der Waals surface area contributed by atoms with Crippen LogP contribution < -0.4 is 0 Å². The fourth-order valence-corrected chi connectivity index (χ4v) is 7.99. The number of aromatic amines is 1. The zero-order chi connectivity index (χ0) is 33.8. The van der Waals surface area contributed by atoms with Crippen molar-refractivity contribution in [3.8, 4) is 55.9 Å². The molecular weight excluding hydrogens is 595 g/mol. The molecule has 0 saturated heterocycles. The van der Waals surface area contributed by atoms with E-state index in [4.69, 9.17) is 4.98 Å². The number of fused-ring (bicyclic) bond motifs is 3. The number of nitrogens with one attached hydrogen (secondary N) is 1. The number of benzene rings is 5. The van der Waals surface area contributed by atoms with Crippen molar-refractivity contribution in [1.82, 2.24) is 15.0 Å². The van der Waals surface area contributed by atoms with E-state index in [0.717, 1.165) is 44.7 Å². The maximum Gasteiger partial charge on any atom is 0.0723 e. The molecule has 0 aliphatic rings. The maximum atomic E-state index is 4.86. The summed E-state index contributed by atoms with van der Waals surface area (Å²) in [5, 5.41) is 2.39. The van der Waals surface area contributed by atoms with Gasteiger partial charge in [0.1, 0.15) is 0 Å². The molecule has 238 valence electrons. The van der Waals surface area contributed by atoms with E-state index in [-0.39, 0.29) is 0 Å². The van der Waals surface area contributed by atoms with E-state index in [9.17, 15) is 0 Å². The number of hydrogen-bond donors (Lipinski definition) is 1. The van der Waals surface area contributed by atoms with E-state index in [0.29, 0.717) is 0 Å². The first-order chi connectivity index (χ1) is 23.7. The van der Waals surface area contributed by atoms with Gasteiger partial charge in [-0.2, -0.15) is 0 Å². The molecule has 8 aromatic rings. The highest BCUT2D eigenvalue weighted by Gasteiger charge is 2.20. The Kier molecular flexibility index (Phi) is 7.49. The molecular formula is C46H39N3. The van der Waals surface area contributed by atoms with Crippen LogP contribution in [0.1, 0.15) is 33.4 Å². The minimum atomic E-state index is 0.951. The first kappa shape index (κ1) is 30.5. The van der Waals surface area contributed by atoms with Crippen LogP contribution in [0.3, 0.4) is 0 Å². The minimum Gasteiger partial charge on any atom is -0.353 e. The molecule has 3 heteroatoms. The SMILES string of the molecule is Cc1cc(C)c(-c2cc(-c3cccc(-c4ccccn4)c3)c3[nH]c4c(-c5ccccn5)cc(-c5c(C)cc(C)cc5C)cc4c3c2)c(C)c1. The van der Waals surface area contributed by atoms with Crippen LogP contribution in [0.4, 0.5) is 0 Å². The Morgan fingerprint density at radius 3 is 1.43 bits per heavy atom. The Morgan fingerprint density at radius 2 is 0.898 bits per heavy atom. The van der Waals surface area contributed by atoms with Crippen molar-refractivity contribution in [2.24, 2.45) is 0 Å². The van der Waals surface area contributed by atoms with Crippen LogP contribution in [0.15, 0.2) is 122 Å². The number of nitrogens with zero attached hydrogens (tertiary/aromatic N) is 2. The highest BCUT2D eigenvalue weighted by Crippen LogP contribution is 2.44. The average Bonchev–Trinajstić information content (AvgIpc) is 3.46. The van der Waals surface area contributed by atoms with Gasteiger partial charge in [0.15, 0.2) is 0 Å². The second kappa shape index (κ2) is 12.0. The summed E-state index contributed by atoms with van der Waals surface area (Å²) in [6.07, 6.45) is 3.74. The van der Waals surface area contributed by atoms with Crippen LogP contribution in [0.5, 0.6) is 0 Å². The van der Waals surface area contributed by atoms with Crippen LogP contribution in [-0.2, 0) is 0 Å². The number of hydrogen-bond acceptors (Lipinski definition) is 2. The van der Waals surface area contributed by atoms with Crippen LogP contribution >= 0.6 is 0 Å². The number of H-pyrrole nitrogens is 1. The Hall–Kier alpha value is -5.80. The maximum absolute atomic E-state index is 4.86. The molecule has 0 saturated carbocycles. The van der Waals surface area contributed by atoms with Gasteiger partial charge in [0, 0.05) is 39.9 Å². The summed E-state index contributed by atoms with van der Waals surface area (Å²) in [6.45, 7) is 13.3. The predicted octanol–water partition coefficient (Wildman–Crippen LogP) is 12.3. The van der Waals surface area contributed by atoms with Crippen molar-refractivity contribution < 1.29 is 0 Å². The molecule has 5 aromatic carbocycles. The van der Waals surface area contributed by atoms with Crippen LogP contribution in [-0.4, -0.2) is 15.0 Å². The van der Waals surface area contributed by atoms with Gasteiger partial charge in [-0.05, 0) is 146 Å². The minimum absolute atomic E-state index is 0.951. The van der Waals surface area contributed by atoms with Gasteiger partial charge in [-0.3, -0.25) is 9.97 Å². The van der Waals surface area contributed by atoms with Crippen LogP contribution in [0, 0.1) is 41.5 Å². The molecule has 3 heterocycles. The normalized spacial score (nSPS) is 11.5. The lowest BCUT2D eigenvalue weighted by Crippen LogP contribution is -1.92. The summed E-state index contributed by atoms with van der Waals surface area (Å²) in [5.74, 6) is 0. The van der Waals surface area contributed by atoms with E-state index >= 15 is 0 Å². The Labute approximate surface area is 288 Å². The Bertz CT molecular complexity index is 2490. The largest absolute Gasteiger partial charge is 0.353 e. The van der Waals surface area contributed by atoms with Gasteiger partial charge in [-0.1, -0.05) is 65.7 Å². The van der Waals surface area contributed by atoms with Crippen molar-refractivity contribution in [2.75, 3.05) is 0 Å². The molecule has 0 aliphatic heterocycles. The van der Waals surface area contributed by atoms with E-state index in [1.165, 1.54) is 66.4 Å². The van der Waals surface area contributed by atoms with Crippen LogP contribution in [0.25, 0.3) is 77.7 Å². The molecule has 3 nitrogen and oxygen atoms in total. The summed E-state index contributed by atoms with van der Waals surface area (Å²) >= 11 is 0. The number of rotatable bonds is 5. The van der Waals surface area contributed by atoms with Crippen molar-refractivity contribution in [2.45, 2.75) is 41.5 Å².